The number of carbonyl (C=O) groups is 1. The van der Waals surface area contributed by atoms with Crippen molar-refractivity contribution < 1.29 is 17.9 Å². The molecule has 7 nitrogen and oxygen atoms in total. The molecule has 0 radical (unpaired) electrons. The molecule has 0 aliphatic carbocycles. The number of aromatic nitrogens is 1. The van der Waals surface area contributed by atoms with Crippen LogP contribution >= 0.6 is 11.3 Å². The highest BCUT2D eigenvalue weighted by Crippen LogP contribution is 2.18. The van der Waals surface area contributed by atoms with E-state index in [4.69, 9.17) is 5.73 Å². The second-order valence-corrected chi connectivity index (χ2v) is 6.51. The maximum Gasteiger partial charge on any atom is 0.305 e. The summed E-state index contributed by atoms with van der Waals surface area (Å²) in [5.74, 6) is 4.80. The molecule has 9 heteroatoms. The van der Waals surface area contributed by atoms with Crippen molar-refractivity contribution >= 4 is 32.5 Å². The molecule has 0 saturated heterocycles. The summed E-state index contributed by atoms with van der Waals surface area (Å²) in [6, 6.07) is 0. The Morgan fingerprint density at radius 2 is 2.35 bits per heavy atom. The number of hydrogen-bond donors (Lipinski definition) is 2. The van der Waals surface area contributed by atoms with E-state index in [1.165, 1.54) is 13.3 Å². The lowest BCUT2D eigenvalue weighted by molar-refractivity contribution is -0.140. The third-order valence-electron chi connectivity index (χ3n) is 2.08. The van der Waals surface area contributed by atoms with Gasteiger partial charge in [0.25, 0.3) is 0 Å². The first-order valence-electron chi connectivity index (χ1n) is 5.69. The molecular weight excluding hydrogens is 302 g/mol. The fraction of sp³-hybridized carbons (Fsp3) is 0.455. The Kier molecular flexibility index (Phi) is 6.44. The summed E-state index contributed by atoms with van der Waals surface area (Å²) in [7, 11) is -2.27. The van der Waals surface area contributed by atoms with Crippen molar-refractivity contribution in [2.45, 2.75) is 12.8 Å². The molecule has 0 saturated carbocycles. The Hall–Kier alpha value is -1.63. The molecule has 3 N–H and O–H groups in total. The topological polar surface area (TPSA) is 111 Å². The van der Waals surface area contributed by atoms with Gasteiger partial charge in [-0.25, -0.2) is 13.4 Å². The number of nitrogens with two attached hydrogens (primary N) is 1. The smallest absolute Gasteiger partial charge is 0.305 e. The van der Waals surface area contributed by atoms with E-state index < -0.39 is 16.0 Å². The van der Waals surface area contributed by atoms with E-state index in [2.05, 4.69) is 26.3 Å². The number of methoxy groups -OCH3 is 1. The molecule has 0 aliphatic heterocycles. The van der Waals surface area contributed by atoms with Gasteiger partial charge in [-0.3, -0.25) is 9.52 Å². The van der Waals surface area contributed by atoms with E-state index in [1.807, 2.05) is 0 Å². The highest BCUT2D eigenvalue weighted by atomic mass is 32.2. The molecule has 1 rings (SSSR count). The SMILES string of the molecule is COC(=O)CCCS(=O)(=O)Nc1ncc(C#CCN)s1. The van der Waals surface area contributed by atoms with Crippen molar-refractivity contribution in [1.29, 1.82) is 0 Å². The Morgan fingerprint density at radius 3 is 3.00 bits per heavy atom. The van der Waals surface area contributed by atoms with E-state index in [1.54, 1.807) is 0 Å². The number of rotatable bonds is 6. The number of anilines is 1. The maximum atomic E-state index is 11.7. The molecule has 1 aromatic rings. The minimum atomic E-state index is -3.53. The molecule has 0 spiro atoms. The quantitative estimate of drug-likeness (QED) is 0.570. The number of nitrogens with zero attached hydrogens (tertiary/aromatic N) is 1. The Balaban J connectivity index is 2.53. The van der Waals surface area contributed by atoms with Gasteiger partial charge in [-0.05, 0) is 6.42 Å². The summed E-state index contributed by atoms with van der Waals surface area (Å²) >= 11 is 1.12. The molecule has 110 valence electrons. The second kappa shape index (κ2) is 7.84. The molecule has 0 amide bonds. The zero-order chi connectivity index (χ0) is 15.0. The molecule has 0 fully saturated rings. The van der Waals surface area contributed by atoms with Gasteiger partial charge >= 0.3 is 5.97 Å². The lowest BCUT2D eigenvalue weighted by Crippen LogP contribution is -2.17. The third kappa shape index (κ3) is 6.01. The molecule has 0 unspecified atom stereocenters. The number of ether oxygens (including phenoxy) is 1. The molecule has 0 aromatic carbocycles. The molecule has 20 heavy (non-hydrogen) atoms. The standard InChI is InChI=1S/C11H15N3O4S2/c1-18-10(15)5-3-7-20(16,17)14-11-13-8-9(19-11)4-2-6-12/h8H,3,5-7,12H2,1H3,(H,13,14). The number of thiazole rings is 1. The van der Waals surface area contributed by atoms with Crippen molar-refractivity contribution in [3.05, 3.63) is 11.1 Å². The number of hydrogen-bond acceptors (Lipinski definition) is 7. The van der Waals surface area contributed by atoms with Crippen molar-refractivity contribution in [2.75, 3.05) is 24.1 Å². The fourth-order valence-electron chi connectivity index (χ4n) is 1.21. The summed E-state index contributed by atoms with van der Waals surface area (Å²) < 4.78 is 30.3. The maximum absolute atomic E-state index is 11.7. The zero-order valence-corrected chi connectivity index (χ0v) is 12.5. The van der Waals surface area contributed by atoms with E-state index in [0.29, 0.717) is 4.88 Å². The number of sulfonamides is 1. The second-order valence-electron chi connectivity index (χ2n) is 3.64. The Morgan fingerprint density at radius 1 is 1.60 bits per heavy atom. The molecule has 0 bridgehead atoms. The van der Waals surface area contributed by atoms with Crippen LogP contribution in [0.1, 0.15) is 17.7 Å². The number of nitrogens with one attached hydrogen (secondary N) is 1. The molecule has 0 aliphatic rings. The van der Waals surface area contributed by atoms with Crippen LogP contribution in [0.15, 0.2) is 6.20 Å². The summed E-state index contributed by atoms with van der Waals surface area (Å²) in [5.41, 5.74) is 5.24. The lowest BCUT2D eigenvalue weighted by atomic mass is 10.3. The van der Waals surface area contributed by atoms with Gasteiger partial charge in [-0.2, -0.15) is 0 Å². The summed E-state index contributed by atoms with van der Waals surface area (Å²) in [4.78, 5) is 15.4. The third-order valence-corrected chi connectivity index (χ3v) is 4.37. The van der Waals surface area contributed by atoms with Crippen molar-refractivity contribution in [2.24, 2.45) is 5.73 Å². The van der Waals surface area contributed by atoms with E-state index in [-0.39, 0.29) is 30.3 Å². The summed E-state index contributed by atoms with van der Waals surface area (Å²) in [5, 5.41) is 0.240. The first-order chi connectivity index (χ1) is 9.46. The predicted molar refractivity (Wildman–Crippen MR) is 76.7 cm³/mol. The van der Waals surface area contributed by atoms with Gasteiger partial charge in [0.15, 0.2) is 5.13 Å². The number of esters is 1. The van der Waals surface area contributed by atoms with Crippen LogP contribution in [0.25, 0.3) is 0 Å². The van der Waals surface area contributed by atoms with Crippen molar-refractivity contribution in [3.8, 4) is 11.8 Å². The number of carbonyl (C=O) groups excluding carboxylic acids is 1. The predicted octanol–water partition coefficient (Wildman–Crippen LogP) is 0.148. The Bertz CT molecular complexity index is 613. The van der Waals surface area contributed by atoms with Crippen molar-refractivity contribution in [3.63, 3.8) is 0 Å². The highest BCUT2D eigenvalue weighted by molar-refractivity contribution is 7.92. The highest BCUT2D eigenvalue weighted by Gasteiger charge is 2.13. The van der Waals surface area contributed by atoms with Crippen LogP contribution in [-0.4, -0.2) is 38.8 Å². The van der Waals surface area contributed by atoms with Gasteiger partial charge in [0, 0.05) is 6.42 Å². The van der Waals surface area contributed by atoms with Crippen LogP contribution in [0, 0.1) is 11.8 Å². The summed E-state index contributed by atoms with van der Waals surface area (Å²) in [6.45, 7) is 0.229. The van der Waals surface area contributed by atoms with Crippen LogP contribution in [0.3, 0.4) is 0 Å². The van der Waals surface area contributed by atoms with Crippen LogP contribution in [0.5, 0.6) is 0 Å². The molecule has 1 aromatic heterocycles. The zero-order valence-electron chi connectivity index (χ0n) is 10.9. The van der Waals surface area contributed by atoms with Crippen LogP contribution < -0.4 is 10.5 Å². The van der Waals surface area contributed by atoms with Gasteiger partial charge < -0.3 is 10.5 Å². The van der Waals surface area contributed by atoms with Crippen molar-refractivity contribution in [1.82, 2.24) is 4.98 Å². The monoisotopic (exact) mass is 317 g/mol. The van der Waals surface area contributed by atoms with E-state index in [9.17, 15) is 13.2 Å². The largest absolute Gasteiger partial charge is 0.469 e. The van der Waals surface area contributed by atoms with Gasteiger partial charge in [0.1, 0.15) is 0 Å². The van der Waals surface area contributed by atoms with E-state index >= 15 is 0 Å². The van der Waals surface area contributed by atoms with E-state index in [0.717, 1.165) is 11.3 Å². The molecular formula is C11H15N3O4S2. The van der Waals surface area contributed by atoms with Gasteiger partial charge in [0.2, 0.25) is 10.0 Å². The van der Waals surface area contributed by atoms with Gasteiger partial charge in [0.05, 0.1) is 30.5 Å². The van der Waals surface area contributed by atoms with Gasteiger partial charge in [-0.15, -0.1) is 0 Å². The average Bonchev–Trinajstić information content (AvgIpc) is 2.82. The first kappa shape index (κ1) is 16.4. The fourth-order valence-corrected chi connectivity index (χ4v) is 3.24. The van der Waals surface area contributed by atoms with Crippen LogP contribution in [-0.2, 0) is 19.6 Å². The lowest BCUT2D eigenvalue weighted by Gasteiger charge is -2.04. The van der Waals surface area contributed by atoms with Crippen LogP contribution in [0.2, 0.25) is 0 Å². The Labute approximate surface area is 121 Å². The van der Waals surface area contributed by atoms with Crippen LogP contribution in [0.4, 0.5) is 5.13 Å². The summed E-state index contributed by atoms with van der Waals surface area (Å²) in [6.07, 6.45) is 1.72. The normalized spacial score (nSPS) is 10.5. The average molecular weight is 317 g/mol. The minimum Gasteiger partial charge on any atom is -0.469 e. The minimum absolute atomic E-state index is 0.0580. The van der Waals surface area contributed by atoms with Gasteiger partial charge in [-0.1, -0.05) is 23.2 Å². The molecule has 1 heterocycles. The molecule has 0 atom stereocenters. The first-order valence-corrected chi connectivity index (χ1v) is 8.16.